The summed E-state index contributed by atoms with van der Waals surface area (Å²) in [6.07, 6.45) is 4.07. The van der Waals surface area contributed by atoms with Gasteiger partial charge in [-0.05, 0) is 25.2 Å². The standard InChI is InChI=1S/C11H12N2O3/c1-6(12)3-7-4-8(11(14)15)5-9(16-2)10(7)13/h3-5,12-13H,1-2H3,(H,14,15)/b7-3-,12-6?,13-10?. The van der Waals surface area contributed by atoms with Crippen LogP contribution in [0.1, 0.15) is 6.92 Å². The molecule has 84 valence electrons. The zero-order valence-electron chi connectivity index (χ0n) is 9.00. The summed E-state index contributed by atoms with van der Waals surface area (Å²) in [6.45, 7) is 1.55. The summed E-state index contributed by atoms with van der Waals surface area (Å²) in [6, 6.07) is 0. The fourth-order valence-electron chi connectivity index (χ4n) is 1.27. The number of nitrogens with one attached hydrogen (secondary N) is 2. The van der Waals surface area contributed by atoms with Gasteiger partial charge in [-0.2, -0.15) is 0 Å². The van der Waals surface area contributed by atoms with Crippen LogP contribution in [0, 0.1) is 10.8 Å². The first kappa shape index (κ1) is 11.9. The maximum absolute atomic E-state index is 10.8. The molecule has 0 amide bonds. The van der Waals surface area contributed by atoms with Crippen molar-refractivity contribution >= 4 is 17.4 Å². The maximum atomic E-state index is 10.8. The lowest BCUT2D eigenvalue weighted by atomic mass is 9.97. The molecule has 0 aliphatic heterocycles. The summed E-state index contributed by atoms with van der Waals surface area (Å²) in [5.74, 6) is -0.900. The highest BCUT2D eigenvalue weighted by Gasteiger charge is 2.19. The van der Waals surface area contributed by atoms with Crippen LogP contribution in [0.3, 0.4) is 0 Å². The van der Waals surface area contributed by atoms with Gasteiger partial charge in [-0.15, -0.1) is 0 Å². The largest absolute Gasteiger partial charge is 0.494 e. The molecule has 0 aromatic carbocycles. The number of carboxylic acids is 1. The zero-order valence-corrected chi connectivity index (χ0v) is 9.00. The molecular weight excluding hydrogens is 208 g/mol. The molecule has 0 heterocycles. The molecule has 5 nitrogen and oxygen atoms in total. The van der Waals surface area contributed by atoms with Gasteiger partial charge >= 0.3 is 5.97 Å². The summed E-state index contributed by atoms with van der Waals surface area (Å²) in [5.41, 5.74) is 0.738. The lowest BCUT2D eigenvalue weighted by molar-refractivity contribution is -0.132. The lowest BCUT2D eigenvalue weighted by Gasteiger charge is -2.14. The molecule has 0 atom stereocenters. The fourth-order valence-corrected chi connectivity index (χ4v) is 1.27. The molecule has 3 N–H and O–H groups in total. The quantitative estimate of drug-likeness (QED) is 0.629. The highest BCUT2D eigenvalue weighted by molar-refractivity contribution is 6.17. The Bertz CT molecular complexity index is 456. The lowest BCUT2D eigenvalue weighted by Crippen LogP contribution is -2.14. The molecule has 0 saturated carbocycles. The maximum Gasteiger partial charge on any atom is 0.335 e. The van der Waals surface area contributed by atoms with E-state index in [-0.39, 0.29) is 22.8 Å². The normalized spacial score (nSPS) is 17.9. The van der Waals surface area contributed by atoms with Crippen LogP contribution in [0.2, 0.25) is 0 Å². The number of methoxy groups -OCH3 is 1. The summed E-state index contributed by atoms with van der Waals surface area (Å²) in [7, 11) is 1.38. The first-order valence-corrected chi connectivity index (χ1v) is 4.52. The fraction of sp³-hybridized carbons (Fsp3) is 0.182. The van der Waals surface area contributed by atoms with Gasteiger partial charge in [0.25, 0.3) is 0 Å². The van der Waals surface area contributed by atoms with E-state index in [0.29, 0.717) is 5.57 Å². The SMILES string of the molecule is COC1=CC(C(=O)O)=C/C(=C/C(C)=N)C1=N. The van der Waals surface area contributed by atoms with Crippen molar-refractivity contribution in [3.63, 3.8) is 0 Å². The Hall–Kier alpha value is -2.17. The number of allylic oxidation sites excluding steroid dienone is 3. The van der Waals surface area contributed by atoms with Gasteiger partial charge in [0.15, 0.2) is 0 Å². The Kier molecular flexibility index (Phi) is 3.40. The van der Waals surface area contributed by atoms with E-state index in [0.717, 1.165) is 0 Å². The summed E-state index contributed by atoms with van der Waals surface area (Å²) >= 11 is 0. The van der Waals surface area contributed by atoms with Gasteiger partial charge in [-0.1, -0.05) is 0 Å². The average molecular weight is 220 g/mol. The molecule has 1 aliphatic carbocycles. The molecule has 0 aromatic heterocycles. The van der Waals surface area contributed by atoms with Crippen molar-refractivity contribution in [1.29, 1.82) is 10.8 Å². The number of aliphatic carboxylic acids is 1. The second-order valence-electron chi connectivity index (χ2n) is 3.28. The second-order valence-corrected chi connectivity index (χ2v) is 3.28. The highest BCUT2D eigenvalue weighted by Crippen LogP contribution is 2.20. The van der Waals surface area contributed by atoms with Crippen molar-refractivity contribution < 1.29 is 14.6 Å². The van der Waals surface area contributed by atoms with E-state index in [4.69, 9.17) is 20.7 Å². The van der Waals surface area contributed by atoms with Gasteiger partial charge in [0.05, 0.1) is 12.7 Å². The van der Waals surface area contributed by atoms with Crippen LogP contribution in [0.15, 0.2) is 35.1 Å². The van der Waals surface area contributed by atoms with E-state index in [2.05, 4.69) is 0 Å². The Morgan fingerprint density at radius 1 is 1.50 bits per heavy atom. The molecule has 16 heavy (non-hydrogen) atoms. The van der Waals surface area contributed by atoms with Crippen molar-refractivity contribution in [1.82, 2.24) is 0 Å². The average Bonchev–Trinajstić information content (AvgIpc) is 2.20. The van der Waals surface area contributed by atoms with Crippen molar-refractivity contribution in [3.05, 3.63) is 35.1 Å². The highest BCUT2D eigenvalue weighted by atomic mass is 16.5. The number of ether oxygens (including phenoxy) is 1. The predicted molar refractivity (Wildman–Crippen MR) is 60.0 cm³/mol. The van der Waals surface area contributed by atoms with Gasteiger partial charge in [0.2, 0.25) is 0 Å². The first-order chi connectivity index (χ1) is 7.45. The Morgan fingerprint density at radius 2 is 2.12 bits per heavy atom. The van der Waals surface area contributed by atoms with Crippen LogP contribution in [-0.4, -0.2) is 29.6 Å². The third-order valence-corrected chi connectivity index (χ3v) is 1.97. The van der Waals surface area contributed by atoms with E-state index in [9.17, 15) is 4.79 Å². The monoisotopic (exact) mass is 220 g/mol. The number of hydrogen-bond donors (Lipinski definition) is 3. The molecule has 0 fully saturated rings. The Morgan fingerprint density at radius 3 is 2.56 bits per heavy atom. The first-order valence-electron chi connectivity index (χ1n) is 4.52. The molecule has 0 bridgehead atoms. The second kappa shape index (κ2) is 4.57. The summed E-state index contributed by atoms with van der Waals surface area (Å²) in [5, 5.41) is 23.9. The van der Waals surface area contributed by atoms with E-state index in [1.54, 1.807) is 6.92 Å². The molecule has 0 radical (unpaired) electrons. The van der Waals surface area contributed by atoms with Crippen LogP contribution in [0.4, 0.5) is 0 Å². The third-order valence-electron chi connectivity index (χ3n) is 1.97. The topological polar surface area (TPSA) is 94.2 Å². The van der Waals surface area contributed by atoms with E-state index in [1.807, 2.05) is 0 Å². The van der Waals surface area contributed by atoms with Gasteiger partial charge < -0.3 is 15.3 Å². The van der Waals surface area contributed by atoms with Gasteiger partial charge in [-0.3, -0.25) is 5.41 Å². The minimum atomic E-state index is -1.09. The smallest absolute Gasteiger partial charge is 0.335 e. The molecule has 0 unspecified atom stereocenters. The molecule has 0 aromatic rings. The molecule has 0 saturated heterocycles. The Balaban J connectivity index is 3.24. The summed E-state index contributed by atoms with van der Waals surface area (Å²) < 4.78 is 4.92. The van der Waals surface area contributed by atoms with Gasteiger partial charge in [-0.25, -0.2) is 4.79 Å². The van der Waals surface area contributed by atoms with Crippen LogP contribution in [0.5, 0.6) is 0 Å². The molecule has 5 heteroatoms. The van der Waals surface area contributed by atoms with E-state index >= 15 is 0 Å². The minimum Gasteiger partial charge on any atom is -0.494 e. The number of carboxylic acid groups (broad SMARTS) is 1. The van der Waals surface area contributed by atoms with Gasteiger partial charge in [0, 0.05) is 11.3 Å². The van der Waals surface area contributed by atoms with Crippen LogP contribution in [0.25, 0.3) is 0 Å². The molecular formula is C11H12N2O3. The third kappa shape index (κ3) is 2.44. The molecule has 1 rings (SSSR count). The number of carbonyl (C=O) groups is 1. The summed E-state index contributed by atoms with van der Waals surface area (Å²) in [4.78, 5) is 10.8. The van der Waals surface area contributed by atoms with Crippen molar-refractivity contribution in [2.24, 2.45) is 0 Å². The van der Waals surface area contributed by atoms with Crippen LogP contribution >= 0.6 is 0 Å². The minimum absolute atomic E-state index is 0.0420. The number of hydrogen-bond acceptors (Lipinski definition) is 4. The van der Waals surface area contributed by atoms with Crippen molar-refractivity contribution in [3.8, 4) is 0 Å². The Labute approximate surface area is 92.8 Å². The van der Waals surface area contributed by atoms with E-state index in [1.165, 1.54) is 25.3 Å². The molecule has 1 aliphatic rings. The predicted octanol–water partition coefficient (Wildman–Crippen LogP) is 1.53. The van der Waals surface area contributed by atoms with Gasteiger partial charge in [0.1, 0.15) is 11.5 Å². The van der Waals surface area contributed by atoms with E-state index < -0.39 is 5.97 Å². The zero-order chi connectivity index (χ0) is 12.3. The van der Waals surface area contributed by atoms with Crippen LogP contribution in [-0.2, 0) is 9.53 Å². The molecule has 0 spiro atoms. The number of rotatable bonds is 3. The van der Waals surface area contributed by atoms with Crippen molar-refractivity contribution in [2.45, 2.75) is 6.92 Å². The van der Waals surface area contributed by atoms with Crippen molar-refractivity contribution in [2.75, 3.05) is 7.11 Å². The van der Waals surface area contributed by atoms with Crippen LogP contribution < -0.4 is 0 Å².